The largest absolute Gasteiger partial charge is 0.278 e. The molecule has 0 spiro atoms. The van der Waals surface area contributed by atoms with Crippen LogP contribution in [0.3, 0.4) is 0 Å². The fraction of sp³-hybridized carbons (Fsp3) is 0.444. The molecule has 0 bridgehead atoms. The minimum absolute atomic E-state index is 0.666. The molecule has 0 fully saturated rings. The summed E-state index contributed by atoms with van der Waals surface area (Å²) >= 11 is 0. The molecule has 2 rings (SSSR count). The number of nitrogens with one attached hydrogen (secondary N) is 1. The zero-order valence-electron chi connectivity index (χ0n) is 6.89. The van der Waals surface area contributed by atoms with E-state index in [1.54, 1.807) is 0 Å². The van der Waals surface area contributed by atoms with Crippen LogP contribution in [0, 0.1) is 12.8 Å². The third kappa shape index (κ3) is 0.985. The number of nitrogens with zero attached hydrogens (tertiary/aromatic N) is 1. The molecule has 11 heavy (non-hydrogen) atoms. The number of rotatable bonds is 0. The predicted octanol–water partition coefficient (Wildman–Crippen LogP) is 0.319. The van der Waals surface area contributed by atoms with Crippen LogP contribution in [0.15, 0.2) is 0 Å². The summed E-state index contributed by atoms with van der Waals surface area (Å²) in [6.45, 7) is 4.27. The van der Waals surface area contributed by atoms with E-state index in [4.69, 9.17) is 0 Å². The number of fused-ring (bicyclic) bond motifs is 1. The van der Waals surface area contributed by atoms with Crippen molar-refractivity contribution in [2.45, 2.75) is 20.3 Å². The molecule has 0 radical (unpaired) electrons. The summed E-state index contributed by atoms with van der Waals surface area (Å²) in [5, 5.41) is 9.64. The van der Waals surface area contributed by atoms with Crippen molar-refractivity contribution in [1.82, 2.24) is 10.2 Å². The molecule has 2 heteroatoms. The lowest BCUT2D eigenvalue weighted by Crippen LogP contribution is -2.28. The minimum Gasteiger partial charge on any atom is -0.278 e. The molecule has 1 N–H and O–H groups in total. The maximum Gasteiger partial charge on any atom is 0.0666 e. The number of aryl methyl sites for hydroxylation is 1. The van der Waals surface area contributed by atoms with Gasteiger partial charge in [-0.05, 0) is 19.3 Å². The van der Waals surface area contributed by atoms with Crippen molar-refractivity contribution < 1.29 is 0 Å². The number of H-pyrrole nitrogens is 1. The fourth-order valence-corrected chi connectivity index (χ4v) is 1.48. The molecule has 1 aliphatic carbocycles. The van der Waals surface area contributed by atoms with Crippen molar-refractivity contribution in [3.05, 3.63) is 16.3 Å². The molecule has 1 heterocycles. The number of hydrogen-bond donors (Lipinski definition) is 1. The van der Waals surface area contributed by atoms with Crippen molar-refractivity contribution in [2.75, 3.05) is 0 Å². The molecule has 1 aromatic rings. The predicted molar refractivity (Wildman–Crippen MR) is 45.3 cm³/mol. The third-order valence-electron chi connectivity index (χ3n) is 2.17. The van der Waals surface area contributed by atoms with E-state index in [2.05, 4.69) is 29.3 Å². The average Bonchev–Trinajstić information content (AvgIpc) is 2.33. The van der Waals surface area contributed by atoms with E-state index in [1.807, 2.05) is 6.92 Å². The van der Waals surface area contributed by atoms with Crippen LogP contribution >= 0.6 is 0 Å². The highest BCUT2D eigenvalue weighted by atomic mass is 15.1. The van der Waals surface area contributed by atoms with Crippen LogP contribution in [0.25, 0.3) is 12.2 Å². The second-order valence-corrected chi connectivity index (χ2v) is 3.22. The Morgan fingerprint density at radius 1 is 1.64 bits per heavy atom. The topological polar surface area (TPSA) is 28.7 Å². The quantitative estimate of drug-likeness (QED) is 0.564. The van der Waals surface area contributed by atoms with Gasteiger partial charge < -0.3 is 0 Å². The zero-order valence-corrected chi connectivity index (χ0v) is 6.89. The van der Waals surface area contributed by atoms with E-state index in [9.17, 15) is 0 Å². The smallest absolute Gasteiger partial charge is 0.0666 e. The van der Waals surface area contributed by atoms with Gasteiger partial charge in [0.1, 0.15) is 0 Å². The Morgan fingerprint density at radius 2 is 2.45 bits per heavy atom. The lowest BCUT2D eigenvalue weighted by atomic mass is 10.0. The monoisotopic (exact) mass is 148 g/mol. The zero-order chi connectivity index (χ0) is 7.84. The van der Waals surface area contributed by atoms with E-state index in [1.165, 1.54) is 10.6 Å². The van der Waals surface area contributed by atoms with E-state index in [-0.39, 0.29) is 0 Å². The second-order valence-electron chi connectivity index (χ2n) is 3.22. The van der Waals surface area contributed by atoms with Gasteiger partial charge in [-0.25, -0.2) is 0 Å². The van der Waals surface area contributed by atoms with Crippen LogP contribution in [0.1, 0.15) is 19.0 Å². The van der Waals surface area contributed by atoms with Gasteiger partial charge in [-0.2, -0.15) is 5.10 Å². The van der Waals surface area contributed by atoms with Gasteiger partial charge in [0, 0.05) is 5.22 Å². The van der Waals surface area contributed by atoms with E-state index < -0.39 is 0 Å². The Balaban J connectivity index is 2.77. The first kappa shape index (κ1) is 6.65. The molecule has 0 aliphatic heterocycles. The summed E-state index contributed by atoms with van der Waals surface area (Å²) in [5.41, 5.74) is 1.11. The highest BCUT2D eigenvalue weighted by Gasteiger charge is 2.04. The highest BCUT2D eigenvalue weighted by Crippen LogP contribution is 2.05. The van der Waals surface area contributed by atoms with E-state index >= 15 is 0 Å². The van der Waals surface area contributed by atoms with Crippen molar-refractivity contribution in [3.8, 4) is 0 Å². The van der Waals surface area contributed by atoms with Crippen LogP contribution in [-0.4, -0.2) is 10.2 Å². The maximum absolute atomic E-state index is 4.15. The number of aromatic amines is 1. The lowest BCUT2D eigenvalue weighted by Gasteiger charge is -2.03. The van der Waals surface area contributed by atoms with Crippen molar-refractivity contribution >= 4 is 12.2 Å². The summed E-state index contributed by atoms with van der Waals surface area (Å²) in [7, 11) is 0. The molecule has 0 aromatic carbocycles. The fourth-order valence-electron chi connectivity index (χ4n) is 1.48. The molecular weight excluding hydrogens is 136 g/mol. The van der Waals surface area contributed by atoms with E-state index in [0.717, 1.165) is 12.1 Å². The molecule has 0 amide bonds. The summed E-state index contributed by atoms with van der Waals surface area (Å²) in [6.07, 6.45) is 5.64. The second kappa shape index (κ2) is 2.22. The number of aromatic nitrogens is 2. The van der Waals surface area contributed by atoms with E-state index in [0.29, 0.717) is 5.92 Å². The molecule has 0 saturated carbocycles. The van der Waals surface area contributed by atoms with Crippen LogP contribution in [-0.2, 0) is 0 Å². The Hall–Kier alpha value is -1.05. The standard InChI is InChI=1S/C9H12N2/c1-6-3-4-9-8(5-6)7(2)10-11-9/h4-6,11H,3H2,1-2H3. The van der Waals surface area contributed by atoms with Gasteiger partial charge in [0.15, 0.2) is 0 Å². The molecule has 2 nitrogen and oxygen atoms in total. The maximum atomic E-state index is 4.15. The Morgan fingerprint density at radius 3 is 3.27 bits per heavy atom. The number of hydrogen-bond acceptors (Lipinski definition) is 1. The van der Waals surface area contributed by atoms with Gasteiger partial charge >= 0.3 is 0 Å². The summed E-state index contributed by atoms with van der Waals surface area (Å²) in [4.78, 5) is 0. The summed E-state index contributed by atoms with van der Waals surface area (Å²) < 4.78 is 0. The Kier molecular flexibility index (Phi) is 1.34. The SMILES string of the molecule is Cc1n[nH]c2c1=CC(C)CC=2. The van der Waals surface area contributed by atoms with Gasteiger partial charge in [-0.1, -0.05) is 19.1 Å². The van der Waals surface area contributed by atoms with Crippen LogP contribution in [0.2, 0.25) is 0 Å². The minimum atomic E-state index is 0.666. The van der Waals surface area contributed by atoms with Crippen molar-refractivity contribution in [3.63, 3.8) is 0 Å². The summed E-state index contributed by atoms with van der Waals surface area (Å²) in [6, 6.07) is 0. The van der Waals surface area contributed by atoms with Crippen molar-refractivity contribution in [2.24, 2.45) is 5.92 Å². The first-order valence-corrected chi connectivity index (χ1v) is 4.00. The van der Waals surface area contributed by atoms with Crippen LogP contribution in [0.5, 0.6) is 0 Å². The third-order valence-corrected chi connectivity index (χ3v) is 2.17. The normalized spacial score (nSPS) is 21.8. The van der Waals surface area contributed by atoms with Gasteiger partial charge in [-0.15, -0.1) is 0 Å². The molecular formula is C9H12N2. The van der Waals surface area contributed by atoms with Gasteiger partial charge in [0.2, 0.25) is 0 Å². The van der Waals surface area contributed by atoms with Crippen LogP contribution < -0.4 is 10.6 Å². The van der Waals surface area contributed by atoms with Gasteiger partial charge in [-0.3, -0.25) is 5.10 Å². The molecule has 1 atom stereocenters. The van der Waals surface area contributed by atoms with Crippen molar-refractivity contribution in [1.29, 1.82) is 0 Å². The Labute approximate surface area is 65.6 Å². The molecule has 1 unspecified atom stereocenters. The highest BCUT2D eigenvalue weighted by molar-refractivity contribution is 5.38. The van der Waals surface area contributed by atoms with Gasteiger partial charge in [0.25, 0.3) is 0 Å². The summed E-state index contributed by atoms with van der Waals surface area (Å²) in [5.74, 6) is 0.666. The first-order valence-electron chi connectivity index (χ1n) is 4.00. The Bertz CT molecular complexity index is 373. The molecule has 1 aromatic heterocycles. The van der Waals surface area contributed by atoms with Crippen LogP contribution in [0.4, 0.5) is 0 Å². The van der Waals surface area contributed by atoms with Gasteiger partial charge in [0.05, 0.1) is 11.0 Å². The first-order chi connectivity index (χ1) is 5.27. The molecule has 0 saturated heterocycles. The average molecular weight is 148 g/mol. The molecule has 1 aliphatic rings. The molecule has 58 valence electrons. The lowest BCUT2D eigenvalue weighted by molar-refractivity contribution is 0.797.